The van der Waals surface area contributed by atoms with Gasteiger partial charge in [-0.1, -0.05) is 7.43 Å². The second-order valence-corrected chi connectivity index (χ2v) is 4.09. The van der Waals surface area contributed by atoms with Gasteiger partial charge in [0.1, 0.15) is 14.1 Å². The zero-order valence-corrected chi connectivity index (χ0v) is 14.6. The van der Waals surface area contributed by atoms with Gasteiger partial charge in [-0.15, -0.1) is 0 Å². The molecule has 0 bridgehead atoms. The maximum Gasteiger partial charge on any atom is 0.177 e. The largest absolute Gasteiger partial charge is 0.545 e. The third-order valence-electron chi connectivity index (χ3n) is 2.35. The number of carbonyl (C=O) groups is 2. The summed E-state index contributed by atoms with van der Waals surface area (Å²) in [4.78, 5) is 20.5. The van der Waals surface area contributed by atoms with Crippen LogP contribution >= 0.6 is 0 Å². The van der Waals surface area contributed by atoms with Gasteiger partial charge in [0.15, 0.2) is 24.8 Å². The first kappa shape index (κ1) is 22.6. The van der Waals surface area contributed by atoms with Crippen LogP contribution in [0.15, 0.2) is 49.1 Å². The number of carbonyl (C=O) groups excluding carboxylic acids is 2. The van der Waals surface area contributed by atoms with Gasteiger partial charge >= 0.3 is 0 Å². The topological polar surface area (TPSA) is 88.0 Å². The number of aryl methyl sites for hydroxylation is 2. The van der Waals surface area contributed by atoms with E-state index in [1.54, 1.807) is 47.8 Å². The maximum absolute atomic E-state index is 10.2. The van der Waals surface area contributed by atoms with Gasteiger partial charge in [-0.25, -0.2) is 9.13 Å². The fourth-order valence-electron chi connectivity index (χ4n) is 1.42. The molecule has 6 nitrogen and oxygen atoms in total. The first-order valence-corrected chi connectivity index (χ1v) is 5.73. The summed E-state index contributed by atoms with van der Waals surface area (Å²) >= 11 is 0. The monoisotopic (exact) mass is 379 g/mol. The summed E-state index contributed by atoms with van der Waals surface area (Å²) in [5, 5.41) is 20.5. The molecule has 0 unspecified atom stereocenters. The van der Waals surface area contributed by atoms with Crippen LogP contribution < -0.4 is 19.3 Å². The molecular weight excluding hydrogens is 361 g/mol. The summed E-state index contributed by atoms with van der Waals surface area (Å²) in [6.07, 6.45) is 6.50. The minimum atomic E-state index is -1.14. The molecule has 7 heteroatoms. The molecule has 115 valence electrons. The van der Waals surface area contributed by atoms with Gasteiger partial charge < -0.3 is 19.8 Å². The van der Waals surface area contributed by atoms with Gasteiger partial charge in [0.2, 0.25) is 0 Å². The third-order valence-corrected chi connectivity index (χ3v) is 2.35. The van der Waals surface area contributed by atoms with Crippen LogP contribution in [-0.4, -0.2) is 11.9 Å². The Kier molecular flexibility index (Phi) is 11.3. The average Bonchev–Trinajstić information content (AvgIpc) is 2.39. The molecule has 0 fully saturated rings. The molecule has 0 atom stereocenters. The van der Waals surface area contributed by atoms with E-state index in [0.29, 0.717) is 0 Å². The number of nitrogens with zero attached hydrogens (tertiary/aromatic N) is 2. The molecule has 0 aliphatic heterocycles. The van der Waals surface area contributed by atoms with Gasteiger partial charge in [0.05, 0.1) is 23.1 Å². The molecule has 0 N–H and O–H groups in total. The number of carboxylic acid groups (broad SMARTS) is 2. The molecule has 0 saturated carbocycles. The number of hydrogen-bond acceptors (Lipinski definition) is 4. The van der Waals surface area contributed by atoms with E-state index >= 15 is 0 Å². The van der Waals surface area contributed by atoms with Crippen molar-refractivity contribution < 1.29 is 61.6 Å². The summed E-state index contributed by atoms with van der Waals surface area (Å²) in [6, 6.07) is 6.31. The maximum atomic E-state index is 10.2. The Labute approximate surface area is 154 Å². The van der Waals surface area contributed by atoms with Crippen molar-refractivity contribution in [1.82, 2.24) is 0 Å². The fraction of sp³-hybridized carbons (Fsp3) is 0.200. The quantitative estimate of drug-likeness (QED) is 0.587. The van der Waals surface area contributed by atoms with Crippen molar-refractivity contribution in [1.29, 1.82) is 0 Å². The summed E-state index contributed by atoms with van der Waals surface area (Å²) in [7, 11) is 3.51. The van der Waals surface area contributed by atoms with E-state index in [1.165, 1.54) is 24.5 Å². The van der Waals surface area contributed by atoms with Crippen LogP contribution in [0, 0.1) is 0 Å². The molecule has 0 saturated heterocycles. The van der Waals surface area contributed by atoms with Crippen molar-refractivity contribution in [2.24, 2.45) is 14.1 Å². The van der Waals surface area contributed by atoms with E-state index < -0.39 is 11.9 Å². The third kappa shape index (κ3) is 7.95. The number of aromatic nitrogens is 2. The number of pyridine rings is 2. The minimum absolute atomic E-state index is 0. The van der Waals surface area contributed by atoms with E-state index in [0.717, 1.165) is 0 Å². The number of carboxylic acids is 2. The van der Waals surface area contributed by atoms with Crippen LogP contribution in [-0.2, 0) is 46.8 Å². The Morgan fingerprint density at radius 1 is 0.864 bits per heavy atom. The molecule has 0 amide bonds. The molecule has 2 aromatic rings. The van der Waals surface area contributed by atoms with Crippen LogP contribution in [0.5, 0.6) is 0 Å². The molecule has 1 radical (unpaired) electrons. The molecule has 22 heavy (non-hydrogen) atoms. The SMILES string of the molecule is C.C[n+]1cccc(C(=O)[O-])c1.C[n+]1cccc(C(=O)[O-])c1.[Y]. The van der Waals surface area contributed by atoms with Crippen molar-refractivity contribution in [3.8, 4) is 0 Å². The normalized spacial score (nSPS) is 8.45. The van der Waals surface area contributed by atoms with E-state index in [2.05, 4.69) is 0 Å². The van der Waals surface area contributed by atoms with Crippen LogP contribution in [0.4, 0.5) is 0 Å². The molecule has 0 aromatic carbocycles. The zero-order chi connectivity index (χ0) is 15.1. The Hall–Kier alpha value is -1.66. The van der Waals surface area contributed by atoms with Gasteiger partial charge in [-0.3, -0.25) is 0 Å². The number of aromatic carboxylic acids is 2. The van der Waals surface area contributed by atoms with Crippen molar-refractivity contribution >= 4 is 11.9 Å². The van der Waals surface area contributed by atoms with Crippen LogP contribution in [0.25, 0.3) is 0 Å². The second-order valence-electron chi connectivity index (χ2n) is 4.09. The van der Waals surface area contributed by atoms with Gasteiger partial charge in [0, 0.05) is 44.8 Å². The van der Waals surface area contributed by atoms with Gasteiger partial charge in [-0.2, -0.15) is 0 Å². The van der Waals surface area contributed by atoms with E-state index in [1.807, 2.05) is 0 Å². The molecule has 2 aromatic heterocycles. The first-order valence-electron chi connectivity index (χ1n) is 5.73. The molecular formula is C15H18N2O4Y. The molecule has 2 rings (SSSR count). The van der Waals surface area contributed by atoms with Crippen molar-refractivity contribution in [3.05, 3.63) is 60.2 Å². The summed E-state index contributed by atoms with van der Waals surface area (Å²) < 4.78 is 3.32. The average molecular weight is 379 g/mol. The first-order chi connectivity index (χ1) is 9.40. The van der Waals surface area contributed by atoms with Crippen LogP contribution in [0.2, 0.25) is 0 Å². The molecule has 0 aliphatic rings. The van der Waals surface area contributed by atoms with E-state index in [4.69, 9.17) is 0 Å². The van der Waals surface area contributed by atoms with Crippen LogP contribution in [0.1, 0.15) is 28.1 Å². The predicted molar refractivity (Wildman–Crippen MR) is 70.6 cm³/mol. The summed E-state index contributed by atoms with van der Waals surface area (Å²) in [5.74, 6) is -2.28. The molecule has 0 aliphatic carbocycles. The van der Waals surface area contributed by atoms with Crippen LogP contribution in [0.3, 0.4) is 0 Å². The van der Waals surface area contributed by atoms with E-state index in [9.17, 15) is 19.8 Å². The van der Waals surface area contributed by atoms with E-state index in [-0.39, 0.29) is 51.3 Å². The zero-order valence-electron chi connectivity index (χ0n) is 11.7. The Bertz CT molecular complexity index is 577. The fourth-order valence-corrected chi connectivity index (χ4v) is 1.42. The number of rotatable bonds is 2. The standard InChI is InChI=1S/2C7H7NO2.CH4.Y/c2*1-8-4-2-3-6(5-8)7(9)10;;/h2*2-5H,1H3;1H4;. The van der Waals surface area contributed by atoms with Crippen molar-refractivity contribution in [2.45, 2.75) is 7.43 Å². The summed E-state index contributed by atoms with van der Waals surface area (Å²) in [5.41, 5.74) is 0.398. The molecule has 2 heterocycles. The molecule has 0 spiro atoms. The number of hydrogen-bond donors (Lipinski definition) is 0. The Morgan fingerprint density at radius 2 is 1.18 bits per heavy atom. The van der Waals surface area contributed by atoms with Gasteiger partial charge in [0.25, 0.3) is 0 Å². The summed E-state index contributed by atoms with van der Waals surface area (Å²) in [6.45, 7) is 0. The van der Waals surface area contributed by atoms with Gasteiger partial charge in [-0.05, 0) is 12.1 Å². The Morgan fingerprint density at radius 3 is 1.36 bits per heavy atom. The Balaban J connectivity index is 0. The van der Waals surface area contributed by atoms with Crippen molar-refractivity contribution in [3.63, 3.8) is 0 Å². The van der Waals surface area contributed by atoms with Crippen molar-refractivity contribution in [2.75, 3.05) is 0 Å². The predicted octanol–water partition coefficient (Wildman–Crippen LogP) is -1.62. The second kappa shape index (κ2) is 11.0. The smallest absolute Gasteiger partial charge is 0.177 e. The minimum Gasteiger partial charge on any atom is -0.545 e.